The normalized spacial score (nSPS) is 11.8. The van der Waals surface area contributed by atoms with Crippen molar-refractivity contribution in [3.8, 4) is 6.07 Å². The molecule has 0 aromatic heterocycles. The summed E-state index contributed by atoms with van der Waals surface area (Å²) in [5.74, 6) is 0. The van der Waals surface area contributed by atoms with E-state index in [0.29, 0.717) is 12.1 Å². The number of nitrogens with one attached hydrogen (secondary N) is 1. The Kier molecular flexibility index (Phi) is 3.96. The minimum Gasteiger partial charge on any atom is -0.391 e. The number of anilines is 1. The van der Waals surface area contributed by atoms with Gasteiger partial charge < -0.3 is 10.4 Å². The minimum atomic E-state index is -0.333. The molecule has 0 aliphatic carbocycles. The van der Waals surface area contributed by atoms with Crippen molar-refractivity contribution >= 4 is 5.69 Å². The number of aliphatic hydroxyl groups is 1. The highest BCUT2D eigenvalue weighted by Gasteiger charge is 2.00. The van der Waals surface area contributed by atoms with E-state index in [0.717, 1.165) is 12.1 Å². The van der Waals surface area contributed by atoms with Gasteiger partial charge in [-0.05, 0) is 24.6 Å². The van der Waals surface area contributed by atoms with Crippen LogP contribution in [0.25, 0.3) is 0 Å². The highest BCUT2D eigenvalue weighted by Crippen LogP contribution is 2.09. The van der Waals surface area contributed by atoms with Crippen LogP contribution in [0, 0.1) is 11.3 Å². The van der Waals surface area contributed by atoms with Crippen LogP contribution >= 0.6 is 0 Å². The van der Waals surface area contributed by atoms with Crippen LogP contribution in [-0.2, 0) is 0 Å². The van der Waals surface area contributed by atoms with E-state index in [1.807, 2.05) is 19.1 Å². The van der Waals surface area contributed by atoms with Crippen LogP contribution in [0.2, 0.25) is 0 Å². The molecule has 74 valence electrons. The van der Waals surface area contributed by atoms with Crippen molar-refractivity contribution in [1.82, 2.24) is 0 Å². The number of rotatable bonds is 4. The van der Waals surface area contributed by atoms with E-state index >= 15 is 0 Å². The van der Waals surface area contributed by atoms with Crippen molar-refractivity contribution in [3.05, 3.63) is 29.8 Å². The molecule has 3 nitrogen and oxygen atoms in total. The number of nitrogens with zero attached hydrogens (tertiary/aromatic N) is 1. The molecule has 1 aromatic rings. The maximum Gasteiger partial charge on any atom is 0.0992 e. The zero-order valence-electron chi connectivity index (χ0n) is 8.20. The topological polar surface area (TPSA) is 56.0 Å². The average molecular weight is 190 g/mol. The minimum absolute atomic E-state index is 0.333. The van der Waals surface area contributed by atoms with E-state index in [1.54, 1.807) is 12.1 Å². The summed E-state index contributed by atoms with van der Waals surface area (Å²) in [6, 6.07) is 9.28. The van der Waals surface area contributed by atoms with Crippen LogP contribution in [0.5, 0.6) is 0 Å². The van der Waals surface area contributed by atoms with Gasteiger partial charge in [0.1, 0.15) is 0 Å². The molecule has 0 spiro atoms. The zero-order chi connectivity index (χ0) is 10.4. The molecule has 0 amide bonds. The smallest absolute Gasteiger partial charge is 0.0992 e. The predicted molar refractivity (Wildman–Crippen MR) is 55.9 cm³/mol. The van der Waals surface area contributed by atoms with Gasteiger partial charge in [0.2, 0.25) is 0 Å². The molecule has 0 aliphatic heterocycles. The van der Waals surface area contributed by atoms with Crippen LogP contribution in [-0.4, -0.2) is 17.8 Å². The lowest BCUT2D eigenvalue weighted by molar-refractivity contribution is 0.183. The molecule has 0 radical (unpaired) electrons. The first-order chi connectivity index (χ1) is 6.76. The maximum atomic E-state index is 9.32. The molecule has 1 rings (SSSR count). The van der Waals surface area contributed by atoms with Crippen molar-refractivity contribution in [1.29, 1.82) is 5.26 Å². The van der Waals surface area contributed by atoms with Crippen molar-refractivity contribution in [2.45, 2.75) is 19.4 Å². The quantitative estimate of drug-likeness (QED) is 0.760. The van der Waals surface area contributed by atoms with E-state index in [2.05, 4.69) is 11.4 Å². The fraction of sp³-hybridized carbons (Fsp3) is 0.364. The lowest BCUT2D eigenvalue weighted by atomic mass is 10.2. The summed E-state index contributed by atoms with van der Waals surface area (Å²) >= 11 is 0. The Morgan fingerprint density at radius 3 is 3.00 bits per heavy atom. The molecule has 1 atom stereocenters. The van der Waals surface area contributed by atoms with Gasteiger partial charge in [-0.2, -0.15) is 5.26 Å². The molecule has 3 heteroatoms. The van der Waals surface area contributed by atoms with E-state index in [4.69, 9.17) is 5.26 Å². The molecule has 0 fully saturated rings. The number of aliphatic hydroxyl groups excluding tert-OH is 1. The largest absolute Gasteiger partial charge is 0.391 e. The van der Waals surface area contributed by atoms with Gasteiger partial charge in [0, 0.05) is 12.2 Å². The van der Waals surface area contributed by atoms with Gasteiger partial charge >= 0.3 is 0 Å². The summed E-state index contributed by atoms with van der Waals surface area (Å²) in [7, 11) is 0. The lowest BCUT2D eigenvalue weighted by Gasteiger charge is -2.10. The van der Waals surface area contributed by atoms with Crippen LogP contribution in [0.15, 0.2) is 24.3 Å². The second kappa shape index (κ2) is 5.25. The van der Waals surface area contributed by atoms with Crippen LogP contribution in [0.4, 0.5) is 5.69 Å². The highest BCUT2D eigenvalue weighted by molar-refractivity contribution is 5.49. The van der Waals surface area contributed by atoms with E-state index in [-0.39, 0.29) is 6.10 Å². The van der Waals surface area contributed by atoms with Crippen molar-refractivity contribution in [3.63, 3.8) is 0 Å². The maximum absolute atomic E-state index is 9.32. The van der Waals surface area contributed by atoms with E-state index < -0.39 is 0 Å². The third kappa shape index (κ3) is 3.08. The van der Waals surface area contributed by atoms with Gasteiger partial charge in [-0.15, -0.1) is 0 Å². The summed E-state index contributed by atoms with van der Waals surface area (Å²) in [6.07, 6.45) is 0.394. The first kappa shape index (κ1) is 10.6. The Morgan fingerprint density at radius 2 is 2.36 bits per heavy atom. The predicted octanol–water partition coefficient (Wildman–Crippen LogP) is 1.74. The van der Waals surface area contributed by atoms with Gasteiger partial charge in [-0.3, -0.25) is 0 Å². The summed E-state index contributed by atoms with van der Waals surface area (Å²) in [6.45, 7) is 2.45. The Bertz CT molecular complexity index is 330. The number of hydrogen-bond donors (Lipinski definition) is 2. The Hall–Kier alpha value is -1.53. The third-order valence-corrected chi connectivity index (χ3v) is 2.00. The van der Waals surface area contributed by atoms with Gasteiger partial charge in [0.15, 0.2) is 0 Å². The Labute approximate surface area is 84.0 Å². The molecular formula is C11H14N2O. The Morgan fingerprint density at radius 1 is 1.57 bits per heavy atom. The van der Waals surface area contributed by atoms with Crippen molar-refractivity contribution < 1.29 is 5.11 Å². The molecule has 2 N–H and O–H groups in total. The van der Waals surface area contributed by atoms with Crippen LogP contribution < -0.4 is 5.32 Å². The van der Waals surface area contributed by atoms with Crippen molar-refractivity contribution in [2.75, 3.05) is 11.9 Å². The SMILES string of the molecule is CCC(O)CNc1cccc(C#N)c1. The average Bonchev–Trinajstić information content (AvgIpc) is 2.26. The molecule has 0 aliphatic rings. The standard InChI is InChI=1S/C11H14N2O/c1-2-11(14)8-13-10-5-3-4-9(6-10)7-12/h3-6,11,13-14H,2,8H2,1H3. The molecule has 1 unspecified atom stereocenters. The van der Waals surface area contributed by atoms with Gasteiger partial charge in [0.05, 0.1) is 17.7 Å². The number of nitriles is 1. The summed E-state index contributed by atoms with van der Waals surface area (Å²) in [5, 5.41) is 21.0. The fourth-order valence-corrected chi connectivity index (χ4v) is 1.08. The summed E-state index contributed by atoms with van der Waals surface area (Å²) in [5.41, 5.74) is 1.50. The van der Waals surface area contributed by atoms with E-state index in [1.165, 1.54) is 0 Å². The van der Waals surface area contributed by atoms with Crippen LogP contribution in [0.1, 0.15) is 18.9 Å². The lowest BCUT2D eigenvalue weighted by Crippen LogP contribution is -2.18. The molecule has 14 heavy (non-hydrogen) atoms. The second-order valence-electron chi connectivity index (χ2n) is 3.14. The molecule has 1 aromatic carbocycles. The zero-order valence-corrected chi connectivity index (χ0v) is 8.20. The first-order valence-corrected chi connectivity index (χ1v) is 4.68. The van der Waals surface area contributed by atoms with Gasteiger partial charge in [-0.1, -0.05) is 13.0 Å². The second-order valence-corrected chi connectivity index (χ2v) is 3.14. The summed E-state index contributed by atoms with van der Waals surface area (Å²) < 4.78 is 0. The van der Waals surface area contributed by atoms with Gasteiger partial charge in [-0.25, -0.2) is 0 Å². The third-order valence-electron chi connectivity index (χ3n) is 2.00. The first-order valence-electron chi connectivity index (χ1n) is 4.68. The number of benzene rings is 1. The monoisotopic (exact) mass is 190 g/mol. The van der Waals surface area contributed by atoms with Crippen molar-refractivity contribution in [2.24, 2.45) is 0 Å². The fourth-order valence-electron chi connectivity index (χ4n) is 1.08. The highest BCUT2D eigenvalue weighted by atomic mass is 16.3. The van der Waals surface area contributed by atoms with E-state index in [9.17, 15) is 5.11 Å². The Balaban J connectivity index is 2.55. The molecule has 0 saturated heterocycles. The van der Waals surface area contributed by atoms with Gasteiger partial charge in [0.25, 0.3) is 0 Å². The summed E-state index contributed by atoms with van der Waals surface area (Å²) in [4.78, 5) is 0. The number of hydrogen-bond acceptors (Lipinski definition) is 3. The molecule has 0 heterocycles. The molecule has 0 saturated carbocycles. The molecular weight excluding hydrogens is 176 g/mol. The van der Waals surface area contributed by atoms with Crippen LogP contribution in [0.3, 0.4) is 0 Å². The molecule has 0 bridgehead atoms.